The lowest BCUT2D eigenvalue weighted by Gasteiger charge is -2.36. The summed E-state index contributed by atoms with van der Waals surface area (Å²) in [6, 6.07) is 5.76. The average Bonchev–Trinajstić information content (AvgIpc) is 3.13. The zero-order valence-corrected chi connectivity index (χ0v) is 14.4. The van der Waals surface area contributed by atoms with Gasteiger partial charge in [-0.25, -0.2) is 0 Å². The first-order valence-electron chi connectivity index (χ1n) is 8.53. The summed E-state index contributed by atoms with van der Waals surface area (Å²) in [5, 5.41) is 11.0. The quantitative estimate of drug-likeness (QED) is 0.853. The minimum Gasteiger partial charge on any atom is -0.493 e. The first-order valence-corrected chi connectivity index (χ1v) is 8.53. The van der Waals surface area contributed by atoms with Crippen LogP contribution in [0.15, 0.2) is 42.7 Å². The monoisotopic (exact) mass is 342 g/mol. The summed E-state index contributed by atoms with van der Waals surface area (Å²) >= 11 is 0. The Morgan fingerprint density at radius 2 is 2.12 bits per heavy atom. The summed E-state index contributed by atoms with van der Waals surface area (Å²) in [5.74, 6) is 0.985. The zero-order valence-electron chi connectivity index (χ0n) is 14.4. The maximum absolute atomic E-state index is 12.9. The van der Waals surface area contributed by atoms with Crippen LogP contribution in [0.5, 0.6) is 11.5 Å². The highest BCUT2D eigenvalue weighted by Gasteiger charge is 2.62. The fraction of sp³-hybridized carbons (Fsp3) is 0.450. The maximum Gasteiger partial charge on any atom is 0.231 e. The number of hydrogen-bond donors (Lipinski definition) is 1. The summed E-state index contributed by atoms with van der Waals surface area (Å²) in [7, 11) is 1.50. The van der Waals surface area contributed by atoms with Gasteiger partial charge in [-0.15, -0.1) is 6.58 Å². The Kier molecular flexibility index (Phi) is 3.65. The number of carbonyl (C=O) groups excluding carboxylic acids is 1. The number of benzene rings is 1. The lowest BCUT2D eigenvalue weighted by atomic mass is 9.70. The van der Waals surface area contributed by atoms with Gasteiger partial charge >= 0.3 is 0 Å². The molecule has 2 aliphatic carbocycles. The number of ketones is 1. The summed E-state index contributed by atoms with van der Waals surface area (Å²) in [6.45, 7) is 6.14. The lowest BCUT2D eigenvalue weighted by Crippen LogP contribution is -2.42. The van der Waals surface area contributed by atoms with Gasteiger partial charge in [-0.05, 0) is 36.1 Å². The molecule has 1 fully saturated rings. The number of allylic oxidation sites excluding steroid dienone is 2. The van der Waals surface area contributed by atoms with Crippen molar-refractivity contribution in [2.24, 2.45) is 17.3 Å². The molecule has 1 aliphatic heterocycles. The molecule has 5 atom stereocenters. The van der Waals surface area contributed by atoms with Crippen LogP contribution in [0.2, 0.25) is 0 Å². The van der Waals surface area contributed by atoms with Crippen LogP contribution < -0.4 is 9.47 Å². The molecule has 4 rings (SSSR count). The average molecular weight is 342 g/mol. The molecular formula is C20H22O5. The first kappa shape index (κ1) is 16.2. The normalized spacial score (nSPS) is 35.5. The number of carbonyl (C=O) groups is 1. The first-order chi connectivity index (χ1) is 12.0. The van der Waals surface area contributed by atoms with Gasteiger partial charge < -0.3 is 19.3 Å². The number of rotatable bonds is 4. The predicted molar refractivity (Wildman–Crippen MR) is 91.3 cm³/mol. The van der Waals surface area contributed by atoms with Crippen molar-refractivity contribution in [3.05, 3.63) is 48.3 Å². The van der Waals surface area contributed by atoms with Crippen molar-refractivity contribution in [2.75, 3.05) is 13.9 Å². The summed E-state index contributed by atoms with van der Waals surface area (Å²) in [5.41, 5.74) is 0.429. The van der Waals surface area contributed by atoms with Gasteiger partial charge in [0.2, 0.25) is 12.6 Å². The zero-order chi connectivity index (χ0) is 17.8. The number of aliphatic hydroxyl groups excluding tert-OH is 1. The molecule has 1 aromatic rings. The predicted octanol–water partition coefficient (Wildman–Crippen LogP) is 2.80. The van der Waals surface area contributed by atoms with Crippen molar-refractivity contribution in [2.45, 2.75) is 25.4 Å². The lowest BCUT2D eigenvalue weighted by molar-refractivity contribution is -0.128. The molecule has 1 saturated carbocycles. The fourth-order valence-corrected chi connectivity index (χ4v) is 4.84. The molecule has 2 bridgehead atoms. The second kappa shape index (κ2) is 5.63. The third-order valence-corrected chi connectivity index (χ3v) is 6.11. The van der Waals surface area contributed by atoms with Crippen LogP contribution in [-0.2, 0) is 9.53 Å². The van der Waals surface area contributed by atoms with E-state index in [1.807, 2.05) is 24.3 Å². The highest BCUT2D eigenvalue weighted by Crippen LogP contribution is 2.61. The van der Waals surface area contributed by atoms with Crippen LogP contribution in [0.1, 0.15) is 24.8 Å². The number of ether oxygens (including phenoxy) is 3. The molecule has 1 heterocycles. The van der Waals surface area contributed by atoms with Crippen molar-refractivity contribution in [3.63, 3.8) is 0 Å². The molecule has 0 radical (unpaired) electrons. The van der Waals surface area contributed by atoms with E-state index in [-0.39, 0.29) is 24.4 Å². The molecule has 1 N–H and O–H groups in total. The summed E-state index contributed by atoms with van der Waals surface area (Å²) in [4.78, 5) is 12.9. The molecule has 0 unspecified atom stereocenters. The van der Waals surface area contributed by atoms with E-state index in [4.69, 9.17) is 14.2 Å². The molecule has 0 spiro atoms. The molecular weight excluding hydrogens is 320 g/mol. The van der Waals surface area contributed by atoms with Gasteiger partial charge in [0, 0.05) is 11.3 Å². The molecule has 0 saturated heterocycles. The molecule has 3 aliphatic rings. The van der Waals surface area contributed by atoms with Gasteiger partial charge in [-0.3, -0.25) is 4.79 Å². The summed E-state index contributed by atoms with van der Waals surface area (Å²) in [6.07, 6.45) is 3.45. The Labute approximate surface area is 146 Å². The van der Waals surface area contributed by atoms with Crippen molar-refractivity contribution < 1.29 is 24.1 Å². The maximum atomic E-state index is 12.9. The highest BCUT2D eigenvalue weighted by atomic mass is 16.7. The van der Waals surface area contributed by atoms with Gasteiger partial charge in [-0.2, -0.15) is 0 Å². The van der Waals surface area contributed by atoms with Gasteiger partial charge in [0.05, 0.1) is 19.1 Å². The summed E-state index contributed by atoms with van der Waals surface area (Å²) < 4.78 is 16.2. The smallest absolute Gasteiger partial charge is 0.231 e. The number of Topliss-reactive ketones (excluding diaryl/α,β-unsaturated/α-hetero) is 1. The van der Waals surface area contributed by atoms with Gasteiger partial charge in [0.1, 0.15) is 0 Å². The van der Waals surface area contributed by atoms with Gasteiger partial charge in [0.15, 0.2) is 17.3 Å². The van der Waals surface area contributed by atoms with Crippen molar-refractivity contribution in [3.8, 4) is 11.5 Å². The molecule has 5 heteroatoms. The van der Waals surface area contributed by atoms with Crippen LogP contribution >= 0.6 is 0 Å². The topological polar surface area (TPSA) is 65.0 Å². The van der Waals surface area contributed by atoms with E-state index in [0.29, 0.717) is 23.7 Å². The van der Waals surface area contributed by atoms with E-state index in [1.54, 1.807) is 6.08 Å². The third-order valence-electron chi connectivity index (χ3n) is 6.11. The van der Waals surface area contributed by atoms with Gasteiger partial charge in [-0.1, -0.05) is 19.1 Å². The molecule has 0 amide bonds. The second-order valence-electron chi connectivity index (χ2n) is 7.08. The number of methoxy groups -OCH3 is 1. The minimum absolute atomic E-state index is 0.0440. The van der Waals surface area contributed by atoms with Crippen LogP contribution in [0.25, 0.3) is 0 Å². The van der Waals surface area contributed by atoms with E-state index < -0.39 is 17.4 Å². The Hall–Kier alpha value is -2.27. The number of hydrogen-bond acceptors (Lipinski definition) is 5. The van der Waals surface area contributed by atoms with E-state index >= 15 is 0 Å². The Morgan fingerprint density at radius 1 is 1.36 bits per heavy atom. The van der Waals surface area contributed by atoms with E-state index in [1.165, 1.54) is 7.11 Å². The molecule has 25 heavy (non-hydrogen) atoms. The number of aliphatic hydroxyl groups is 1. The van der Waals surface area contributed by atoms with Crippen molar-refractivity contribution in [1.29, 1.82) is 0 Å². The van der Waals surface area contributed by atoms with Crippen molar-refractivity contribution in [1.82, 2.24) is 0 Å². The highest BCUT2D eigenvalue weighted by molar-refractivity contribution is 5.98. The number of fused-ring (bicyclic) bond motifs is 3. The van der Waals surface area contributed by atoms with E-state index in [9.17, 15) is 9.90 Å². The third kappa shape index (κ3) is 2.08. The second-order valence-corrected chi connectivity index (χ2v) is 7.08. The van der Waals surface area contributed by atoms with Crippen LogP contribution in [0.4, 0.5) is 0 Å². The molecule has 132 valence electrons. The Balaban J connectivity index is 1.83. The van der Waals surface area contributed by atoms with Crippen molar-refractivity contribution >= 4 is 5.78 Å². The standard InChI is InChI=1S/C20H22O5/c1-4-7-20-9-15(23-3)18(21)17(19(20)22)16(11(20)2)12-5-6-13-14(8-12)25-10-24-13/h4-6,8-9,11,16-17,19,22H,1,7,10H2,2-3H3/t11-,16+,17-,19+,20+/m1/s1. The largest absolute Gasteiger partial charge is 0.493 e. The SMILES string of the molecule is C=CC[C@]12C=C(OC)C(=O)[C@@H]([C@H](c3ccc4c(c3)OCO4)[C@H]1C)[C@@H]2O. The van der Waals surface area contributed by atoms with Gasteiger partial charge in [0.25, 0.3) is 0 Å². The van der Waals surface area contributed by atoms with Crippen LogP contribution in [0, 0.1) is 17.3 Å². The molecule has 5 nitrogen and oxygen atoms in total. The molecule has 0 aromatic heterocycles. The molecule has 1 aromatic carbocycles. The minimum atomic E-state index is -0.762. The van der Waals surface area contributed by atoms with Crippen LogP contribution in [-0.4, -0.2) is 30.9 Å². The Morgan fingerprint density at radius 3 is 2.84 bits per heavy atom. The van der Waals surface area contributed by atoms with E-state index in [2.05, 4.69) is 13.5 Å². The van der Waals surface area contributed by atoms with E-state index in [0.717, 1.165) is 5.56 Å². The Bertz CT molecular complexity index is 767. The van der Waals surface area contributed by atoms with Crippen LogP contribution in [0.3, 0.4) is 0 Å². The fourth-order valence-electron chi connectivity index (χ4n) is 4.84.